The molecule has 0 aromatic heterocycles. The Bertz CT molecular complexity index is 1320. The van der Waals surface area contributed by atoms with Crippen LogP contribution in [0.15, 0.2) is 78.9 Å². The van der Waals surface area contributed by atoms with Crippen LogP contribution in [0.1, 0.15) is 21.5 Å². The lowest BCUT2D eigenvalue weighted by Gasteiger charge is -2.18. The summed E-state index contributed by atoms with van der Waals surface area (Å²) in [7, 11) is -6.68. The molecule has 186 valence electrons. The van der Waals surface area contributed by atoms with Crippen LogP contribution < -0.4 is 14.4 Å². The van der Waals surface area contributed by atoms with Gasteiger partial charge in [0, 0.05) is 5.56 Å². The van der Waals surface area contributed by atoms with E-state index in [1.165, 1.54) is 18.2 Å². The fraction of sp³-hybridized carbons (Fsp3) is 0.167. The van der Waals surface area contributed by atoms with Gasteiger partial charge in [0.15, 0.2) is 17.3 Å². The minimum Gasteiger partial charge on any atom is -0.460 e. The van der Waals surface area contributed by atoms with E-state index >= 15 is 0 Å². The van der Waals surface area contributed by atoms with Gasteiger partial charge in [-0.15, -0.1) is 0 Å². The molecule has 3 aromatic carbocycles. The van der Waals surface area contributed by atoms with E-state index in [9.17, 15) is 27.8 Å². The highest BCUT2D eigenvalue weighted by molar-refractivity contribution is 7.25. The van der Waals surface area contributed by atoms with Crippen molar-refractivity contribution in [3.63, 3.8) is 0 Å². The van der Waals surface area contributed by atoms with Crippen molar-refractivity contribution in [1.82, 2.24) is 5.32 Å². The van der Waals surface area contributed by atoms with Gasteiger partial charge >= 0.3 is 21.8 Å². The fourth-order valence-electron chi connectivity index (χ4n) is 3.23. The van der Waals surface area contributed by atoms with Crippen LogP contribution in [0.5, 0.6) is 11.5 Å². The highest BCUT2D eigenvalue weighted by atomic mass is 31.1. The third-order valence-electron chi connectivity index (χ3n) is 4.91. The third-order valence-corrected chi connectivity index (χ3v) is 5.60. The number of hydrogen-bond acceptors (Lipinski definition) is 10. The zero-order valence-electron chi connectivity index (χ0n) is 18.8. The van der Waals surface area contributed by atoms with E-state index < -0.39 is 27.8 Å². The molecule has 0 radical (unpaired) electrons. The first-order valence-corrected chi connectivity index (χ1v) is 12.8. The summed E-state index contributed by atoms with van der Waals surface area (Å²) in [6.45, 7) is -0.151. The van der Waals surface area contributed by atoms with Crippen molar-refractivity contribution in [2.24, 2.45) is 0 Å². The van der Waals surface area contributed by atoms with Crippen LogP contribution in [-0.4, -0.2) is 24.3 Å². The summed E-state index contributed by atoms with van der Waals surface area (Å²) in [6.07, 6.45) is -0.0223. The first-order valence-electron chi connectivity index (χ1n) is 10.6. The molecule has 0 aliphatic carbocycles. The first-order chi connectivity index (χ1) is 17.3. The van der Waals surface area contributed by atoms with Gasteiger partial charge in [0.1, 0.15) is 12.6 Å². The quantitative estimate of drug-likeness (QED) is 0.187. The molecule has 10 nitrogen and oxygen atoms in total. The van der Waals surface area contributed by atoms with Gasteiger partial charge in [-0.3, -0.25) is 14.9 Å². The molecule has 0 spiro atoms. The summed E-state index contributed by atoms with van der Waals surface area (Å²) in [4.78, 5) is 25.5. The fourth-order valence-corrected chi connectivity index (χ4v) is 3.85. The monoisotopic (exact) mass is 529 g/mol. The van der Waals surface area contributed by atoms with Gasteiger partial charge in [-0.25, -0.2) is 0 Å². The second-order valence-corrected chi connectivity index (χ2v) is 8.69. The molecule has 0 unspecified atom stereocenters. The zero-order chi connectivity index (χ0) is 25.9. The lowest BCUT2D eigenvalue weighted by molar-refractivity contribution is -0.147. The maximum absolute atomic E-state index is 12.9. The Hall–Kier alpha value is -3.84. The number of Topliss-reactive ketones (excluding diaryl/α,β-unsaturated/α-hetero) is 1. The third kappa shape index (κ3) is 8.43. The van der Waals surface area contributed by atoms with Crippen LogP contribution in [-0.2, 0) is 40.8 Å². The maximum Gasteiger partial charge on any atom is 0.529 e. The lowest BCUT2D eigenvalue weighted by atomic mass is 10.0. The molecule has 36 heavy (non-hydrogen) atoms. The number of esters is 1. The highest BCUT2D eigenvalue weighted by Gasteiger charge is 2.23. The standard InChI is InChI=1S/C24H21NO9P2/c26-21(19-9-5-2-6-10-19)15-25-20(24(27)32-16-17-7-3-1-4-8-17)13-18-11-12-22(33-35(28)29)23(14-18)34-36(30)31/h1-12,14,20,25H,13,15-16H2/t20-/m0/s1. The van der Waals surface area contributed by atoms with Gasteiger partial charge in [-0.05, 0) is 29.7 Å². The number of carbonyl (C=O) groups is 2. The average molecular weight is 529 g/mol. The summed E-state index contributed by atoms with van der Waals surface area (Å²) in [6, 6.07) is 20.4. The summed E-state index contributed by atoms with van der Waals surface area (Å²) in [5.74, 6) is -1.57. The number of carbonyl (C=O) groups excluding carboxylic acids is 2. The van der Waals surface area contributed by atoms with Crippen molar-refractivity contribution in [3.05, 3.63) is 95.6 Å². The van der Waals surface area contributed by atoms with Crippen LogP contribution in [0.25, 0.3) is 0 Å². The van der Waals surface area contributed by atoms with E-state index in [-0.39, 0.29) is 36.9 Å². The van der Waals surface area contributed by atoms with Gasteiger partial charge < -0.3 is 13.8 Å². The molecular weight excluding hydrogens is 508 g/mol. The molecule has 0 heterocycles. The summed E-state index contributed by atoms with van der Waals surface area (Å²) in [5, 5.41) is 2.90. The maximum atomic E-state index is 12.9. The highest BCUT2D eigenvalue weighted by Crippen LogP contribution is 2.35. The summed E-state index contributed by atoms with van der Waals surface area (Å²) < 4.78 is 58.6. The second-order valence-electron chi connectivity index (χ2n) is 7.43. The predicted molar refractivity (Wildman–Crippen MR) is 127 cm³/mol. The van der Waals surface area contributed by atoms with Crippen molar-refractivity contribution in [1.29, 1.82) is 0 Å². The van der Waals surface area contributed by atoms with Gasteiger partial charge in [0.2, 0.25) is 0 Å². The van der Waals surface area contributed by atoms with Gasteiger partial charge in [-0.1, -0.05) is 66.7 Å². The Kier molecular flexibility index (Phi) is 9.89. The molecule has 3 aromatic rings. The normalized spacial score (nSPS) is 11.2. The molecule has 0 fully saturated rings. The van der Waals surface area contributed by atoms with Crippen LogP contribution in [0, 0.1) is 0 Å². The van der Waals surface area contributed by atoms with Crippen molar-refractivity contribution in [2.75, 3.05) is 6.54 Å². The number of ether oxygens (including phenoxy) is 1. The minimum atomic E-state index is -3.36. The Morgan fingerprint density at radius 1 is 0.750 bits per heavy atom. The van der Waals surface area contributed by atoms with Crippen LogP contribution >= 0.6 is 15.8 Å². The van der Waals surface area contributed by atoms with E-state index in [0.717, 1.165) is 5.56 Å². The molecular formula is C24H21NO9P2. The van der Waals surface area contributed by atoms with E-state index in [1.807, 2.05) is 6.07 Å². The Balaban J connectivity index is 1.79. The molecule has 1 N–H and O–H groups in total. The topological polar surface area (TPSA) is 142 Å². The molecule has 0 saturated carbocycles. The van der Waals surface area contributed by atoms with Crippen molar-refractivity contribution < 1.29 is 41.6 Å². The second kappa shape index (κ2) is 13.3. The van der Waals surface area contributed by atoms with Crippen LogP contribution in [0.2, 0.25) is 0 Å². The Morgan fingerprint density at radius 3 is 2.00 bits per heavy atom. The van der Waals surface area contributed by atoms with Gasteiger partial charge in [-0.2, -0.15) is 18.3 Å². The first kappa shape index (κ1) is 26.8. The van der Waals surface area contributed by atoms with Crippen LogP contribution in [0.4, 0.5) is 0 Å². The SMILES string of the molecule is O=C(CN[C@@H](Cc1ccc(OP(=O)=O)c(OP(=O)=O)c1)C(=O)OCc1ccccc1)c1ccccc1. The number of hydrogen-bond donors (Lipinski definition) is 1. The summed E-state index contributed by atoms with van der Waals surface area (Å²) >= 11 is 0. The van der Waals surface area contributed by atoms with E-state index in [2.05, 4.69) is 14.4 Å². The predicted octanol–water partition coefficient (Wildman–Crippen LogP) is 4.75. The zero-order valence-corrected chi connectivity index (χ0v) is 20.6. The van der Waals surface area contributed by atoms with Crippen LogP contribution in [0.3, 0.4) is 0 Å². The van der Waals surface area contributed by atoms with Crippen molar-refractivity contribution in [2.45, 2.75) is 19.1 Å². The van der Waals surface area contributed by atoms with Crippen molar-refractivity contribution >= 4 is 27.6 Å². The molecule has 0 bridgehead atoms. The molecule has 0 saturated heterocycles. The lowest BCUT2D eigenvalue weighted by Crippen LogP contribution is -2.42. The number of rotatable bonds is 13. The largest absolute Gasteiger partial charge is 0.529 e. The minimum absolute atomic E-state index is 0.0127. The van der Waals surface area contributed by atoms with E-state index in [0.29, 0.717) is 11.1 Å². The molecule has 0 aliphatic rings. The molecule has 3 rings (SSSR count). The molecule has 0 amide bonds. The molecule has 0 aliphatic heterocycles. The van der Waals surface area contributed by atoms with Gasteiger partial charge in [0.05, 0.1) is 6.54 Å². The average Bonchev–Trinajstić information content (AvgIpc) is 2.87. The number of nitrogens with one attached hydrogen (secondary N) is 1. The number of ketones is 1. The smallest absolute Gasteiger partial charge is 0.460 e. The van der Waals surface area contributed by atoms with Crippen molar-refractivity contribution in [3.8, 4) is 11.5 Å². The summed E-state index contributed by atoms with van der Waals surface area (Å²) in [5.41, 5.74) is 1.63. The van der Waals surface area contributed by atoms with E-state index in [4.69, 9.17) is 4.74 Å². The Labute approximate surface area is 207 Å². The Morgan fingerprint density at radius 2 is 1.36 bits per heavy atom. The molecule has 1 atom stereocenters. The number of benzene rings is 3. The van der Waals surface area contributed by atoms with Gasteiger partial charge in [0.25, 0.3) is 0 Å². The van der Waals surface area contributed by atoms with E-state index in [1.54, 1.807) is 54.6 Å². The molecule has 12 heteroatoms.